The Bertz CT molecular complexity index is 550. The third kappa shape index (κ3) is 3.15. The molecule has 0 bridgehead atoms. The monoisotopic (exact) mass is 326 g/mol. The van der Waals surface area contributed by atoms with Gasteiger partial charge in [0.15, 0.2) is 11.5 Å². The van der Waals surface area contributed by atoms with E-state index in [1.807, 2.05) is 29.2 Å². The van der Waals surface area contributed by atoms with Crippen LogP contribution in [0.15, 0.2) is 24.3 Å². The quantitative estimate of drug-likeness (QED) is 0.855. The van der Waals surface area contributed by atoms with Gasteiger partial charge in [-0.05, 0) is 24.0 Å². The summed E-state index contributed by atoms with van der Waals surface area (Å²) < 4.78 is 11.4. The van der Waals surface area contributed by atoms with Gasteiger partial charge in [-0.1, -0.05) is 26.0 Å². The van der Waals surface area contributed by atoms with Gasteiger partial charge in [-0.2, -0.15) is 0 Å². The number of rotatable bonds is 1. The summed E-state index contributed by atoms with van der Waals surface area (Å²) in [4.78, 5) is 14.5. The molecule has 0 radical (unpaired) electrons. The first kappa shape index (κ1) is 16.9. The van der Waals surface area contributed by atoms with Crippen LogP contribution in [0.5, 0.6) is 11.5 Å². The lowest BCUT2D eigenvalue weighted by Gasteiger charge is -2.43. The summed E-state index contributed by atoms with van der Waals surface area (Å²) in [5.41, 5.74) is 6.05. The number of carbonyl (C=O) groups is 1. The first-order valence-corrected chi connectivity index (χ1v) is 7.40. The zero-order valence-corrected chi connectivity index (χ0v) is 13.8. The maximum atomic E-state index is 12.6. The van der Waals surface area contributed by atoms with Crippen molar-refractivity contribution in [2.45, 2.75) is 32.4 Å². The fourth-order valence-corrected chi connectivity index (χ4v) is 2.91. The van der Waals surface area contributed by atoms with Gasteiger partial charge in [0, 0.05) is 19.1 Å². The number of para-hydroxylation sites is 2. The lowest BCUT2D eigenvalue weighted by molar-refractivity contribution is -0.144. The molecule has 2 unspecified atom stereocenters. The second kappa shape index (κ2) is 6.34. The number of likely N-dealkylation sites (tertiary alicyclic amines) is 1. The van der Waals surface area contributed by atoms with Crippen LogP contribution in [0.25, 0.3) is 0 Å². The van der Waals surface area contributed by atoms with Crippen molar-refractivity contribution < 1.29 is 14.3 Å². The topological polar surface area (TPSA) is 64.8 Å². The molecule has 6 heteroatoms. The molecule has 1 amide bonds. The minimum absolute atomic E-state index is 0. The normalized spacial score (nSPS) is 26.0. The number of carbonyl (C=O) groups excluding carboxylic acids is 1. The van der Waals surface area contributed by atoms with Crippen molar-refractivity contribution in [1.82, 2.24) is 4.90 Å². The highest BCUT2D eigenvalue weighted by molar-refractivity contribution is 5.85. The van der Waals surface area contributed by atoms with E-state index in [0.29, 0.717) is 24.6 Å². The van der Waals surface area contributed by atoms with Gasteiger partial charge in [-0.15, -0.1) is 12.4 Å². The minimum atomic E-state index is -0.565. The maximum Gasteiger partial charge on any atom is 0.267 e. The number of piperidine rings is 1. The first-order valence-electron chi connectivity index (χ1n) is 7.40. The second-order valence-electron chi connectivity index (χ2n) is 6.51. The van der Waals surface area contributed by atoms with E-state index in [4.69, 9.17) is 15.2 Å². The van der Waals surface area contributed by atoms with Gasteiger partial charge in [0.1, 0.15) is 6.61 Å². The van der Waals surface area contributed by atoms with Crippen LogP contribution < -0.4 is 15.2 Å². The fraction of sp³-hybridized carbons (Fsp3) is 0.562. The summed E-state index contributed by atoms with van der Waals surface area (Å²) >= 11 is 0. The predicted octanol–water partition coefficient (Wildman–Crippen LogP) is 1.83. The third-order valence-corrected chi connectivity index (χ3v) is 4.41. The molecule has 2 aliphatic heterocycles. The van der Waals surface area contributed by atoms with Crippen LogP contribution in [0.4, 0.5) is 0 Å². The summed E-state index contributed by atoms with van der Waals surface area (Å²) in [6.07, 6.45) is 0.258. The maximum absolute atomic E-state index is 12.6. The van der Waals surface area contributed by atoms with Gasteiger partial charge < -0.3 is 20.1 Å². The molecule has 2 heterocycles. The molecule has 0 aliphatic carbocycles. The molecule has 1 aromatic rings. The largest absolute Gasteiger partial charge is 0.485 e. The van der Waals surface area contributed by atoms with E-state index < -0.39 is 6.10 Å². The van der Waals surface area contributed by atoms with Crippen molar-refractivity contribution in [3.63, 3.8) is 0 Å². The average Bonchev–Trinajstić information content (AvgIpc) is 2.48. The molecular weight excluding hydrogens is 304 g/mol. The van der Waals surface area contributed by atoms with E-state index in [2.05, 4.69) is 13.8 Å². The number of ether oxygens (including phenoxy) is 2. The molecule has 1 fully saturated rings. The Balaban J connectivity index is 0.00000176. The summed E-state index contributed by atoms with van der Waals surface area (Å²) in [6, 6.07) is 7.56. The van der Waals surface area contributed by atoms with E-state index in [9.17, 15) is 4.79 Å². The van der Waals surface area contributed by atoms with E-state index in [0.717, 1.165) is 6.42 Å². The Morgan fingerprint density at radius 1 is 1.32 bits per heavy atom. The summed E-state index contributed by atoms with van der Waals surface area (Å²) in [7, 11) is 0. The number of fused-ring (bicyclic) bond motifs is 1. The fourth-order valence-electron chi connectivity index (χ4n) is 2.91. The lowest BCUT2D eigenvalue weighted by Crippen LogP contribution is -2.57. The van der Waals surface area contributed by atoms with Gasteiger partial charge in [-0.25, -0.2) is 0 Å². The summed E-state index contributed by atoms with van der Waals surface area (Å²) in [5, 5.41) is 0. The highest BCUT2D eigenvalue weighted by Gasteiger charge is 2.39. The summed E-state index contributed by atoms with van der Waals surface area (Å²) in [5.74, 6) is 1.32. The smallest absolute Gasteiger partial charge is 0.267 e. The number of hydrogen-bond acceptors (Lipinski definition) is 4. The van der Waals surface area contributed by atoms with Gasteiger partial charge in [0.25, 0.3) is 5.91 Å². The van der Waals surface area contributed by atoms with Crippen LogP contribution in [-0.4, -0.2) is 42.6 Å². The van der Waals surface area contributed by atoms with Crippen molar-refractivity contribution in [3.05, 3.63) is 24.3 Å². The third-order valence-electron chi connectivity index (χ3n) is 4.41. The van der Waals surface area contributed by atoms with Crippen molar-refractivity contribution in [2.24, 2.45) is 11.1 Å². The molecule has 2 aliphatic rings. The average molecular weight is 327 g/mol. The van der Waals surface area contributed by atoms with E-state index in [1.165, 1.54) is 0 Å². The first-order chi connectivity index (χ1) is 9.97. The zero-order valence-electron chi connectivity index (χ0n) is 13.0. The standard InChI is InChI=1S/C16H22N2O3.ClH/c1-16(2)10-18(8-7-14(16)17)15(19)13-9-20-11-5-3-4-6-12(11)21-13;/h3-6,13-14H,7-10,17H2,1-2H3;1H. The molecule has 2 N–H and O–H groups in total. The van der Waals surface area contributed by atoms with Gasteiger partial charge in [-0.3, -0.25) is 4.79 Å². The Morgan fingerprint density at radius 2 is 2.00 bits per heavy atom. The minimum Gasteiger partial charge on any atom is -0.485 e. The highest BCUT2D eigenvalue weighted by Crippen LogP contribution is 2.33. The number of nitrogens with zero attached hydrogens (tertiary/aromatic N) is 1. The molecule has 3 rings (SSSR count). The molecule has 5 nitrogen and oxygen atoms in total. The van der Waals surface area contributed by atoms with Crippen LogP contribution >= 0.6 is 12.4 Å². The number of amides is 1. The number of hydrogen-bond donors (Lipinski definition) is 1. The molecule has 1 saturated heterocycles. The van der Waals surface area contributed by atoms with Crippen LogP contribution in [0.1, 0.15) is 20.3 Å². The van der Waals surface area contributed by atoms with Crippen molar-refractivity contribution in [2.75, 3.05) is 19.7 Å². The van der Waals surface area contributed by atoms with Gasteiger partial charge in [0.2, 0.25) is 6.10 Å². The molecule has 22 heavy (non-hydrogen) atoms. The van der Waals surface area contributed by atoms with Crippen LogP contribution in [0, 0.1) is 5.41 Å². The van der Waals surface area contributed by atoms with Crippen molar-refractivity contribution in [1.29, 1.82) is 0 Å². The van der Waals surface area contributed by atoms with Crippen molar-refractivity contribution in [3.8, 4) is 11.5 Å². The van der Waals surface area contributed by atoms with Crippen LogP contribution in [-0.2, 0) is 4.79 Å². The highest BCUT2D eigenvalue weighted by atomic mass is 35.5. The molecule has 122 valence electrons. The number of nitrogens with two attached hydrogens (primary N) is 1. The predicted molar refractivity (Wildman–Crippen MR) is 86.6 cm³/mol. The molecular formula is C16H23ClN2O3. The zero-order chi connectivity index (χ0) is 15.0. The van der Waals surface area contributed by atoms with E-state index in [1.54, 1.807) is 0 Å². The van der Waals surface area contributed by atoms with Crippen LogP contribution in [0.2, 0.25) is 0 Å². The summed E-state index contributed by atoms with van der Waals surface area (Å²) in [6.45, 7) is 5.81. The van der Waals surface area contributed by atoms with E-state index >= 15 is 0 Å². The Morgan fingerprint density at radius 3 is 2.68 bits per heavy atom. The molecule has 0 saturated carbocycles. The number of benzene rings is 1. The Labute approximate surface area is 137 Å². The molecule has 0 spiro atoms. The molecule has 2 atom stereocenters. The van der Waals surface area contributed by atoms with E-state index in [-0.39, 0.29) is 36.4 Å². The van der Waals surface area contributed by atoms with Gasteiger partial charge >= 0.3 is 0 Å². The second-order valence-corrected chi connectivity index (χ2v) is 6.51. The Hall–Kier alpha value is -1.46. The molecule has 1 aromatic carbocycles. The molecule has 0 aromatic heterocycles. The lowest BCUT2D eigenvalue weighted by atomic mass is 9.79. The van der Waals surface area contributed by atoms with Gasteiger partial charge in [0.05, 0.1) is 0 Å². The number of halogens is 1. The SMILES string of the molecule is CC1(C)CN(C(=O)C2COc3ccccc3O2)CCC1N.Cl. The Kier molecular flexibility index (Phi) is 4.87. The van der Waals surface area contributed by atoms with Crippen molar-refractivity contribution >= 4 is 18.3 Å². The van der Waals surface area contributed by atoms with Crippen LogP contribution in [0.3, 0.4) is 0 Å².